The normalized spacial score (nSPS) is 16.3. The number of aliphatic hydroxyl groups excluding tert-OH is 1. The van der Waals surface area contributed by atoms with Gasteiger partial charge in [-0.05, 0) is 25.0 Å². The second-order valence-corrected chi connectivity index (χ2v) is 4.48. The molecule has 0 bridgehead atoms. The van der Waals surface area contributed by atoms with E-state index in [9.17, 15) is 5.11 Å². The van der Waals surface area contributed by atoms with Crippen molar-refractivity contribution in [3.05, 3.63) is 35.4 Å². The summed E-state index contributed by atoms with van der Waals surface area (Å²) in [5.74, 6) is 0. The zero-order valence-electron chi connectivity index (χ0n) is 11.3. The van der Waals surface area contributed by atoms with Gasteiger partial charge in [0.1, 0.15) is 0 Å². The predicted octanol–water partition coefficient (Wildman–Crippen LogP) is 1.62. The van der Waals surface area contributed by atoms with Gasteiger partial charge in [-0.15, -0.1) is 0 Å². The minimum atomic E-state index is -0.513. The summed E-state index contributed by atoms with van der Waals surface area (Å²) in [4.78, 5) is 0. The molecule has 0 aliphatic heterocycles. The number of benzene rings is 1. The van der Waals surface area contributed by atoms with Crippen molar-refractivity contribution in [3.8, 4) is 0 Å². The summed E-state index contributed by atoms with van der Waals surface area (Å²) in [5, 5.41) is 9.47. The Morgan fingerprint density at radius 1 is 1.33 bits per heavy atom. The number of ether oxygens (including phenoxy) is 2. The molecule has 4 nitrogen and oxygen atoms in total. The first-order valence-electron chi connectivity index (χ1n) is 6.19. The van der Waals surface area contributed by atoms with Crippen LogP contribution in [0.25, 0.3) is 0 Å². The average Bonchev–Trinajstić information content (AvgIpc) is 2.36. The Balaban J connectivity index is 2.78. The molecule has 0 amide bonds. The first kappa shape index (κ1) is 15.1. The van der Waals surface area contributed by atoms with Gasteiger partial charge in [-0.2, -0.15) is 0 Å². The highest BCUT2D eigenvalue weighted by Crippen LogP contribution is 2.20. The molecule has 0 aliphatic carbocycles. The van der Waals surface area contributed by atoms with Crippen molar-refractivity contribution in [1.82, 2.24) is 0 Å². The van der Waals surface area contributed by atoms with Gasteiger partial charge >= 0.3 is 0 Å². The fraction of sp³-hybridized carbons (Fsp3) is 0.571. The molecule has 3 atom stereocenters. The lowest BCUT2D eigenvalue weighted by molar-refractivity contribution is -0.0592. The smallest absolute Gasteiger partial charge is 0.0952 e. The Labute approximate surface area is 109 Å². The molecule has 4 heteroatoms. The molecule has 1 aromatic carbocycles. The molecule has 102 valence electrons. The molecule has 18 heavy (non-hydrogen) atoms. The molecule has 1 aromatic rings. The summed E-state index contributed by atoms with van der Waals surface area (Å²) in [6.07, 6.45) is -0.961. The molecule has 0 fully saturated rings. The molecular formula is C14H23NO3. The van der Waals surface area contributed by atoms with E-state index < -0.39 is 6.10 Å². The topological polar surface area (TPSA) is 64.7 Å². The van der Waals surface area contributed by atoms with Crippen LogP contribution in [0.3, 0.4) is 0 Å². The number of nitrogens with two attached hydrogens (primary N) is 1. The van der Waals surface area contributed by atoms with E-state index >= 15 is 0 Å². The summed E-state index contributed by atoms with van der Waals surface area (Å²) in [5.41, 5.74) is 7.84. The van der Waals surface area contributed by atoms with Crippen LogP contribution in [0.5, 0.6) is 0 Å². The molecule has 0 aliphatic rings. The Bertz CT molecular complexity index is 355. The zero-order valence-corrected chi connectivity index (χ0v) is 11.3. The highest BCUT2D eigenvalue weighted by Gasteiger charge is 2.17. The highest BCUT2D eigenvalue weighted by atomic mass is 16.5. The quantitative estimate of drug-likeness (QED) is 0.775. The van der Waals surface area contributed by atoms with E-state index in [0.717, 1.165) is 11.1 Å². The van der Waals surface area contributed by atoms with E-state index in [1.54, 1.807) is 14.0 Å². The van der Waals surface area contributed by atoms with Gasteiger partial charge in [0.15, 0.2) is 0 Å². The van der Waals surface area contributed by atoms with Gasteiger partial charge < -0.3 is 20.3 Å². The van der Waals surface area contributed by atoms with Crippen LogP contribution in [0.15, 0.2) is 24.3 Å². The third kappa shape index (κ3) is 4.38. The van der Waals surface area contributed by atoms with Crippen molar-refractivity contribution < 1.29 is 14.6 Å². The van der Waals surface area contributed by atoms with Crippen LogP contribution < -0.4 is 5.73 Å². The Hall–Kier alpha value is -0.940. The maximum absolute atomic E-state index is 9.47. The van der Waals surface area contributed by atoms with Crippen LogP contribution in [0, 0.1) is 0 Å². The van der Waals surface area contributed by atoms with E-state index in [-0.39, 0.29) is 12.2 Å². The summed E-state index contributed by atoms with van der Waals surface area (Å²) in [6, 6.07) is 7.96. The second kappa shape index (κ2) is 7.48. The molecule has 0 heterocycles. The number of rotatable bonds is 7. The lowest BCUT2D eigenvalue weighted by Crippen LogP contribution is -2.28. The first-order chi connectivity index (χ1) is 8.58. The van der Waals surface area contributed by atoms with Crippen LogP contribution in [0.2, 0.25) is 0 Å². The van der Waals surface area contributed by atoms with E-state index in [2.05, 4.69) is 0 Å². The Morgan fingerprint density at radius 2 is 2.06 bits per heavy atom. The number of aliphatic hydroxyl groups is 1. The standard InChI is InChI=1S/C14H23NO3/c1-10(16)11(2)18-14(8-15)13-6-4-5-12(7-13)9-17-3/h4-7,10-11,14,16H,8-9,15H2,1-3H3. The van der Waals surface area contributed by atoms with E-state index in [1.807, 2.05) is 31.2 Å². The van der Waals surface area contributed by atoms with E-state index in [4.69, 9.17) is 15.2 Å². The van der Waals surface area contributed by atoms with E-state index in [0.29, 0.717) is 13.2 Å². The molecule has 0 radical (unpaired) electrons. The largest absolute Gasteiger partial charge is 0.391 e. The maximum Gasteiger partial charge on any atom is 0.0952 e. The summed E-state index contributed by atoms with van der Waals surface area (Å²) in [7, 11) is 1.67. The Morgan fingerprint density at radius 3 is 2.61 bits per heavy atom. The molecular weight excluding hydrogens is 230 g/mol. The fourth-order valence-electron chi connectivity index (χ4n) is 1.69. The van der Waals surface area contributed by atoms with Crippen LogP contribution in [-0.4, -0.2) is 31.0 Å². The molecule has 0 aromatic heterocycles. The summed E-state index contributed by atoms with van der Waals surface area (Å²) < 4.78 is 10.9. The minimum Gasteiger partial charge on any atom is -0.391 e. The minimum absolute atomic E-state index is 0.202. The Kier molecular flexibility index (Phi) is 6.29. The van der Waals surface area contributed by atoms with Crippen molar-refractivity contribution in [2.24, 2.45) is 5.73 Å². The number of hydrogen-bond donors (Lipinski definition) is 2. The van der Waals surface area contributed by atoms with Gasteiger partial charge in [0.05, 0.1) is 24.9 Å². The molecule has 3 unspecified atom stereocenters. The molecule has 1 rings (SSSR count). The third-order valence-corrected chi connectivity index (χ3v) is 2.91. The molecule has 0 saturated carbocycles. The lowest BCUT2D eigenvalue weighted by atomic mass is 10.1. The summed E-state index contributed by atoms with van der Waals surface area (Å²) in [6.45, 7) is 4.50. The van der Waals surface area contributed by atoms with Crippen molar-refractivity contribution in [3.63, 3.8) is 0 Å². The van der Waals surface area contributed by atoms with Gasteiger partial charge in [0, 0.05) is 13.7 Å². The highest BCUT2D eigenvalue weighted by molar-refractivity contribution is 5.25. The van der Waals surface area contributed by atoms with Crippen molar-refractivity contribution in [2.75, 3.05) is 13.7 Å². The third-order valence-electron chi connectivity index (χ3n) is 2.91. The molecule has 0 spiro atoms. The molecule has 0 saturated heterocycles. The van der Waals surface area contributed by atoms with E-state index in [1.165, 1.54) is 0 Å². The summed E-state index contributed by atoms with van der Waals surface area (Å²) >= 11 is 0. The SMILES string of the molecule is COCc1cccc(C(CN)OC(C)C(C)O)c1. The van der Waals surface area contributed by atoms with Crippen molar-refractivity contribution in [1.29, 1.82) is 0 Å². The number of hydrogen-bond acceptors (Lipinski definition) is 4. The maximum atomic E-state index is 9.47. The van der Waals surface area contributed by atoms with Gasteiger partial charge in [0.25, 0.3) is 0 Å². The van der Waals surface area contributed by atoms with Gasteiger partial charge in [-0.3, -0.25) is 0 Å². The lowest BCUT2D eigenvalue weighted by Gasteiger charge is -2.23. The molecule has 3 N–H and O–H groups in total. The second-order valence-electron chi connectivity index (χ2n) is 4.48. The average molecular weight is 253 g/mol. The predicted molar refractivity (Wildman–Crippen MR) is 71.2 cm³/mol. The monoisotopic (exact) mass is 253 g/mol. The van der Waals surface area contributed by atoms with Crippen LogP contribution >= 0.6 is 0 Å². The van der Waals surface area contributed by atoms with Crippen molar-refractivity contribution >= 4 is 0 Å². The van der Waals surface area contributed by atoms with Gasteiger partial charge in [-0.25, -0.2) is 0 Å². The van der Waals surface area contributed by atoms with Crippen LogP contribution in [0.1, 0.15) is 31.1 Å². The van der Waals surface area contributed by atoms with Crippen LogP contribution in [0.4, 0.5) is 0 Å². The first-order valence-corrected chi connectivity index (χ1v) is 6.19. The van der Waals surface area contributed by atoms with Gasteiger partial charge in [-0.1, -0.05) is 24.3 Å². The van der Waals surface area contributed by atoms with Crippen molar-refractivity contribution in [2.45, 2.75) is 38.8 Å². The number of methoxy groups -OCH3 is 1. The zero-order chi connectivity index (χ0) is 13.5. The fourth-order valence-corrected chi connectivity index (χ4v) is 1.69. The van der Waals surface area contributed by atoms with Gasteiger partial charge in [0.2, 0.25) is 0 Å². The van der Waals surface area contributed by atoms with Crippen LogP contribution in [-0.2, 0) is 16.1 Å².